The predicted octanol–water partition coefficient (Wildman–Crippen LogP) is 2.00. The fourth-order valence-electron chi connectivity index (χ4n) is 0.773. The fraction of sp³-hybridized carbons (Fsp3) is 0.222. The van der Waals surface area contributed by atoms with Crippen LogP contribution in [0.25, 0.3) is 5.57 Å². The molecule has 0 radical (unpaired) electrons. The van der Waals surface area contributed by atoms with Crippen molar-refractivity contribution in [1.82, 2.24) is 10.1 Å². The summed E-state index contributed by atoms with van der Waals surface area (Å²) in [5.74, 6) is 1.04. The number of hydrogen-bond donors (Lipinski definition) is 0. The molecule has 0 bridgehead atoms. The highest BCUT2D eigenvalue weighted by atomic mass is 16.5. The van der Waals surface area contributed by atoms with Gasteiger partial charge in [-0.15, -0.1) is 0 Å². The molecule has 0 aliphatic rings. The van der Waals surface area contributed by atoms with E-state index in [0.717, 1.165) is 5.57 Å². The smallest absolute Gasteiger partial charge is 0.223 e. The van der Waals surface area contributed by atoms with Crippen molar-refractivity contribution in [3.63, 3.8) is 0 Å². The Balaban J connectivity index is 2.96. The van der Waals surface area contributed by atoms with Gasteiger partial charge in [0.2, 0.25) is 11.7 Å². The Morgan fingerprint density at radius 2 is 2.38 bits per heavy atom. The van der Waals surface area contributed by atoms with Gasteiger partial charge in [-0.3, -0.25) is 4.99 Å². The maximum Gasteiger partial charge on any atom is 0.223 e. The van der Waals surface area contributed by atoms with Gasteiger partial charge in [0.15, 0.2) is 0 Å². The highest BCUT2D eigenvalue weighted by Crippen LogP contribution is 2.10. The van der Waals surface area contributed by atoms with Crippen molar-refractivity contribution in [3.8, 4) is 0 Å². The zero-order chi connectivity index (χ0) is 9.68. The minimum atomic E-state index is 0.512. The minimum absolute atomic E-state index is 0.512. The lowest BCUT2D eigenvalue weighted by Crippen LogP contribution is -1.83. The molecule has 4 heteroatoms. The van der Waals surface area contributed by atoms with Crippen LogP contribution in [0.15, 0.2) is 28.4 Å². The molecule has 0 amide bonds. The second kappa shape index (κ2) is 4.35. The summed E-state index contributed by atoms with van der Waals surface area (Å²) in [6.45, 7) is 7.20. The van der Waals surface area contributed by atoms with Crippen molar-refractivity contribution in [2.24, 2.45) is 4.99 Å². The minimum Gasteiger partial charge on any atom is -0.339 e. The summed E-state index contributed by atoms with van der Waals surface area (Å²) in [6.07, 6.45) is 4.95. The van der Waals surface area contributed by atoms with Crippen LogP contribution >= 0.6 is 0 Å². The van der Waals surface area contributed by atoms with Gasteiger partial charge < -0.3 is 4.52 Å². The molecule has 13 heavy (non-hydrogen) atoms. The first-order valence-corrected chi connectivity index (χ1v) is 3.89. The van der Waals surface area contributed by atoms with E-state index in [2.05, 4.69) is 21.7 Å². The summed E-state index contributed by atoms with van der Waals surface area (Å²) < 4.78 is 4.83. The van der Waals surface area contributed by atoms with Crippen LogP contribution in [0.3, 0.4) is 0 Å². The quantitative estimate of drug-likeness (QED) is 0.524. The van der Waals surface area contributed by atoms with Gasteiger partial charge in [0.25, 0.3) is 0 Å². The van der Waals surface area contributed by atoms with E-state index in [-0.39, 0.29) is 0 Å². The maximum absolute atomic E-state index is 4.83. The molecule has 1 aromatic rings. The zero-order valence-corrected chi connectivity index (χ0v) is 7.69. The van der Waals surface area contributed by atoms with Crippen molar-refractivity contribution in [1.29, 1.82) is 0 Å². The van der Waals surface area contributed by atoms with Gasteiger partial charge in [-0.05, 0) is 6.92 Å². The molecule has 0 saturated heterocycles. The fourth-order valence-corrected chi connectivity index (χ4v) is 0.773. The Hall–Kier alpha value is -1.71. The number of rotatable bonds is 3. The highest BCUT2D eigenvalue weighted by molar-refractivity contribution is 5.69. The van der Waals surface area contributed by atoms with Gasteiger partial charge in [0.05, 0.1) is 0 Å². The van der Waals surface area contributed by atoms with Gasteiger partial charge in [0.1, 0.15) is 0 Å². The molecule has 0 atom stereocenters. The molecule has 0 saturated carbocycles. The van der Waals surface area contributed by atoms with E-state index in [4.69, 9.17) is 4.52 Å². The second-order valence-electron chi connectivity index (χ2n) is 2.33. The largest absolute Gasteiger partial charge is 0.339 e. The summed E-state index contributed by atoms with van der Waals surface area (Å²) in [5.41, 5.74) is 0.745. The molecule has 0 aromatic carbocycles. The molecule has 4 nitrogen and oxygen atoms in total. The summed E-state index contributed by atoms with van der Waals surface area (Å²) in [4.78, 5) is 7.99. The van der Waals surface area contributed by atoms with E-state index in [0.29, 0.717) is 11.7 Å². The lowest BCUT2D eigenvalue weighted by molar-refractivity contribution is 0.391. The Labute approximate surface area is 76.7 Å². The molecule has 0 unspecified atom stereocenters. The number of aliphatic imine (C=N–C) groups is 1. The third-order valence-electron chi connectivity index (χ3n) is 1.37. The van der Waals surface area contributed by atoms with Gasteiger partial charge >= 0.3 is 0 Å². The number of aryl methyl sites for hydroxylation is 1. The lowest BCUT2D eigenvalue weighted by Gasteiger charge is -1.89. The molecule has 0 aliphatic heterocycles. The summed E-state index contributed by atoms with van der Waals surface area (Å²) in [5, 5.41) is 3.74. The van der Waals surface area contributed by atoms with Crippen LogP contribution in [0.1, 0.15) is 18.6 Å². The normalized spacial score (nSPS) is 12.3. The molecule has 1 heterocycles. The first-order valence-electron chi connectivity index (χ1n) is 3.89. The van der Waals surface area contributed by atoms with E-state index in [1.807, 2.05) is 6.92 Å². The van der Waals surface area contributed by atoms with Gasteiger partial charge in [0, 0.05) is 24.9 Å². The first-order chi connectivity index (χ1) is 6.27. The first kappa shape index (κ1) is 9.38. The standard InChI is InChI=1S/C9H11N3O/c1-4-8(6-10-5-2)9-11-7(3)13-12-9/h4-6H,1H2,2-3H3/b8-6+,10-5?. The van der Waals surface area contributed by atoms with Crippen LogP contribution in [0.2, 0.25) is 0 Å². The SMILES string of the molecule is C=C/C(=C\N=CC)c1noc(C)n1. The molecule has 0 N–H and O–H groups in total. The molecule has 1 aromatic heterocycles. The zero-order valence-electron chi connectivity index (χ0n) is 7.69. The molecule has 0 spiro atoms. The van der Waals surface area contributed by atoms with Crippen molar-refractivity contribution < 1.29 is 4.52 Å². The molecule has 1 rings (SSSR count). The Kier molecular flexibility index (Phi) is 3.14. The number of allylic oxidation sites excluding steroid dienone is 2. The third-order valence-corrected chi connectivity index (χ3v) is 1.37. The molecule has 0 fully saturated rings. The maximum atomic E-state index is 4.83. The molecule has 68 valence electrons. The van der Waals surface area contributed by atoms with Crippen molar-refractivity contribution >= 4 is 11.8 Å². The third kappa shape index (κ3) is 2.37. The summed E-state index contributed by atoms with van der Waals surface area (Å²) in [7, 11) is 0. The van der Waals surface area contributed by atoms with Crippen LogP contribution in [0.4, 0.5) is 0 Å². The lowest BCUT2D eigenvalue weighted by atomic mass is 10.3. The predicted molar refractivity (Wildman–Crippen MR) is 51.4 cm³/mol. The van der Waals surface area contributed by atoms with Crippen molar-refractivity contribution in [2.75, 3.05) is 0 Å². The van der Waals surface area contributed by atoms with E-state index < -0.39 is 0 Å². The monoisotopic (exact) mass is 177 g/mol. The summed E-state index contributed by atoms with van der Waals surface area (Å²) >= 11 is 0. The van der Waals surface area contributed by atoms with Crippen LogP contribution in [-0.2, 0) is 0 Å². The van der Waals surface area contributed by atoms with Crippen LogP contribution in [0, 0.1) is 6.92 Å². The van der Waals surface area contributed by atoms with E-state index >= 15 is 0 Å². The molecular formula is C9H11N3O. The summed E-state index contributed by atoms with van der Waals surface area (Å²) in [6, 6.07) is 0. The van der Waals surface area contributed by atoms with Crippen LogP contribution in [0.5, 0.6) is 0 Å². The second-order valence-corrected chi connectivity index (χ2v) is 2.33. The van der Waals surface area contributed by atoms with Gasteiger partial charge in [-0.25, -0.2) is 0 Å². The van der Waals surface area contributed by atoms with Crippen molar-refractivity contribution in [3.05, 3.63) is 30.6 Å². The Bertz CT molecular complexity index is 349. The van der Waals surface area contributed by atoms with Crippen molar-refractivity contribution in [2.45, 2.75) is 13.8 Å². The van der Waals surface area contributed by atoms with E-state index in [9.17, 15) is 0 Å². The average Bonchev–Trinajstić information content (AvgIpc) is 2.54. The topological polar surface area (TPSA) is 51.3 Å². The van der Waals surface area contributed by atoms with Gasteiger partial charge in [-0.2, -0.15) is 4.98 Å². The average molecular weight is 177 g/mol. The number of aromatic nitrogens is 2. The molecule has 0 aliphatic carbocycles. The van der Waals surface area contributed by atoms with Crippen LogP contribution in [-0.4, -0.2) is 16.4 Å². The van der Waals surface area contributed by atoms with E-state index in [1.54, 1.807) is 25.4 Å². The Morgan fingerprint density at radius 3 is 2.85 bits per heavy atom. The van der Waals surface area contributed by atoms with E-state index in [1.165, 1.54) is 0 Å². The number of hydrogen-bond acceptors (Lipinski definition) is 4. The molecular weight excluding hydrogens is 166 g/mol. The van der Waals surface area contributed by atoms with Gasteiger partial charge in [-0.1, -0.05) is 17.8 Å². The highest BCUT2D eigenvalue weighted by Gasteiger charge is 2.04. The number of nitrogens with zero attached hydrogens (tertiary/aromatic N) is 3. The Morgan fingerprint density at radius 1 is 1.62 bits per heavy atom. The van der Waals surface area contributed by atoms with Crippen LogP contribution < -0.4 is 0 Å².